The molecule has 0 atom stereocenters. The molecule has 0 radical (unpaired) electrons. The fraction of sp³-hybridized carbons (Fsp3) is 0.333. The summed E-state index contributed by atoms with van der Waals surface area (Å²) in [5.74, 6) is 1.27. The molecular formula is C24H28N2O3. The Hall–Kier alpha value is -3.08. The molecular weight excluding hydrogens is 364 g/mol. The minimum atomic E-state index is -0.418. The van der Waals surface area contributed by atoms with Gasteiger partial charge in [0.25, 0.3) is 0 Å². The first kappa shape index (κ1) is 20.6. The Kier molecular flexibility index (Phi) is 7.87. The second kappa shape index (κ2) is 11.1. The number of nitrogens with zero attached hydrogens (tertiary/aromatic N) is 1. The number of ether oxygens (including phenoxy) is 1. The molecule has 0 unspecified atom stereocenters. The van der Waals surface area contributed by atoms with Gasteiger partial charge in [0.2, 0.25) is 0 Å². The summed E-state index contributed by atoms with van der Waals surface area (Å²) in [6.07, 6.45) is 11.9. The second-order valence-electron chi connectivity index (χ2n) is 7.05. The van der Waals surface area contributed by atoms with E-state index in [4.69, 9.17) is 9.15 Å². The Bertz CT molecular complexity index is 891. The van der Waals surface area contributed by atoms with Crippen molar-refractivity contribution in [3.05, 3.63) is 61.1 Å². The van der Waals surface area contributed by atoms with Crippen molar-refractivity contribution in [2.24, 2.45) is 0 Å². The first-order valence-electron chi connectivity index (χ1n) is 10.3. The van der Waals surface area contributed by atoms with Gasteiger partial charge in [-0.3, -0.25) is 4.98 Å². The van der Waals surface area contributed by atoms with Crippen molar-refractivity contribution in [2.75, 3.05) is 6.54 Å². The van der Waals surface area contributed by atoms with Crippen LogP contribution in [0.3, 0.4) is 0 Å². The molecule has 0 saturated heterocycles. The van der Waals surface area contributed by atoms with Crippen molar-refractivity contribution in [3.8, 4) is 28.2 Å². The van der Waals surface area contributed by atoms with Crippen molar-refractivity contribution in [3.63, 3.8) is 0 Å². The minimum Gasteiger partial charge on any atom is -0.464 e. The van der Waals surface area contributed by atoms with Gasteiger partial charge in [-0.1, -0.05) is 51.2 Å². The molecule has 1 aromatic carbocycles. The van der Waals surface area contributed by atoms with Gasteiger partial charge in [-0.2, -0.15) is 0 Å². The molecule has 152 valence electrons. The van der Waals surface area contributed by atoms with Crippen molar-refractivity contribution < 1.29 is 13.9 Å². The molecule has 0 saturated carbocycles. The molecule has 0 fully saturated rings. The van der Waals surface area contributed by atoms with E-state index < -0.39 is 6.09 Å². The molecule has 0 bridgehead atoms. The Morgan fingerprint density at radius 3 is 2.62 bits per heavy atom. The average molecular weight is 392 g/mol. The van der Waals surface area contributed by atoms with Crippen LogP contribution in [0.25, 0.3) is 22.5 Å². The van der Waals surface area contributed by atoms with Gasteiger partial charge in [0, 0.05) is 30.1 Å². The fourth-order valence-electron chi connectivity index (χ4n) is 3.15. The third kappa shape index (κ3) is 6.49. The van der Waals surface area contributed by atoms with Crippen LogP contribution in [0.1, 0.15) is 45.4 Å². The van der Waals surface area contributed by atoms with E-state index in [1.807, 2.05) is 36.4 Å². The van der Waals surface area contributed by atoms with Gasteiger partial charge >= 0.3 is 6.09 Å². The lowest BCUT2D eigenvalue weighted by Gasteiger charge is -2.09. The molecule has 5 nitrogen and oxygen atoms in total. The van der Waals surface area contributed by atoms with Crippen LogP contribution in [0, 0.1) is 0 Å². The van der Waals surface area contributed by atoms with Crippen LogP contribution in [0.2, 0.25) is 0 Å². The van der Waals surface area contributed by atoms with Gasteiger partial charge < -0.3 is 14.5 Å². The number of hydrogen-bond acceptors (Lipinski definition) is 4. The van der Waals surface area contributed by atoms with Crippen LogP contribution in [0.15, 0.2) is 65.5 Å². The van der Waals surface area contributed by atoms with Gasteiger partial charge in [0.05, 0.1) is 6.26 Å². The zero-order valence-corrected chi connectivity index (χ0v) is 16.9. The van der Waals surface area contributed by atoms with Crippen LogP contribution in [0.4, 0.5) is 4.79 Å². The highest BCUT2D eigenvalue weighted by Gasteiger charge is 2.08. The molecule has 1 amide bonds. The van der Waals surface area contributed by atoms with Crippen molar-refractivity contribution in [2.45, 2.75) is 45.4 Å². The predicted molar refractivity (Wildman–Crippen MR) is 115 cm³/mol. The number of hydrogen-bond donors (Lipinski definition) is 1. The van der Waals surface area contributed by atoms with E-state index in [0.29, 0.717) is 12.3 Å². The smallest absolute Gasteiger partial charge is 0.412 e. The summed E-state index contributed by atoms with van der Waals surface area (Å²) < 4.78 is 10.9. The molecule has 0 aliphatic carbocycles. The van der Waals surface area contributed by atoms with E-state index in [9.17, 15) is 4.79 Å². The monoisotopic (exact) mass is 392 g/mol. The molecule has 0 spiro atoms. The second-order valence-corrected chi connectivity index (χ2v) is 7.05. The van der Waals surface area contributed by atoms with Crippen molar-refractivity contribution in [1.29, 1.82) is 0 Å². The molecule has 3 rings (SSSR count). The number of benzene rings is 1. The number of furan rings is 1. The summed E-state index contributed by atoms with van der Waals surface area (Å²) in [4.78, 5) is 16.4. The number of amides is 1. The Balaban J connectivity index is 1.53. The van der Waals surface area contributed by atoms with Crippen LogP contribution < -0.4 is 10.1 Å². The number of aromatic nitrogens is 1. The van der Waals surface area contributed by atoms with Crippen LogP contribution in [-0.4, -0.2) is 17.6 Å². The van der Waals surface area contributed by atoms with Crippen LogP contribution in [-0.2, 0) is 0 Å². The minimum absolute atomic E-state index is 0.418. The molecule has 5 heteroatoms. The van der Waals surface area contributed by atoms with Gasteiger partial charge in [0.15, 0.2) is 0 Å². The molecule has 29 heavy (non-hydrogen) atoms. The Morgan fingerprint density at radius 1 is 0.966 bits per heavy atom. The third-order valence-corrected chi connectivity index (χ3v) is 4.72. The average Bonchev–Trinajstić information content (AvgIpc) is 3.28. The normalized spacial score (nSPS) is 10.7. The highest BCUT2D eigenvalue weighted by atomic mass is 16.6. The number of pyridine rings is 1. The third-order valence-electron chi connectivity index (χ3n) is 4.72. The van der Waals surface area contributed by atoms with E-state index in [2.05, 4.69) is 17.2 Å². The maximum Gasteiger partial charge on any atom is 0.412 e. The number of carbonyl (C=O) groups excluding carboxylic acids is 1. The topological polar surface area (TPSA) is 64.4 Å². The number of unbranched alkanes of at least 4 members (excludes halogenated alkanes) is 5. The van der Waals surface area contributed by atoms with Crippen LogP contribution >= 0.6 is 0 Å². The number of nitrogens with one attached hydrogen (secondary N) is 1. The molecule has 2 aromatic heterocycles. The zero-order valence-electron chi connectivity index (χ0n) is 16.9. The maximum atomic E-state index is 12.0. The standard InChI is InChI=1S/C24H28N2O3/c1-2-3-4-5-6-7-13-26-24(27)29-22-11-8-10-19(16-22)20-15-21(18-25-17-20)23-12-9-14-28-23/h8-12,14-18H,2-7,13H2,1H3,(H,26,27). The molecule has 1 N–H and O–H groups in total. The first-order chi connectivity index (χ1) is 14.3. The lowest BCUT2D eigenvalue weighted by Crippen LogP contribution is -2.27. The summed E-state index contributed by atoms with van der Waals surface area (Å²) in [6, 6.07) is 13.2. The van der Waals surface area contributed by atoms with Gasteiger partial charge in [0.1, 0.15) is 11.5 Å². The summed E-state index contributed by atoms with van der Waals surface area (Å²) in [7, 11) is 0. The summed E-state index contributed by atoms with van der Waals surface area (Å²) in [5.41, 5.74) is 2.75. The quantitative estimate of drug-likeness (QED) is 0.402. The summed E-state index contributed by atoms with van der Waals surface area (Å²) >= 11 is 0. The lowest BCUT2D eigenvalue weighted by atomic mass is 10.1. The van der Waals surface area contributed by atoms with E-state index in [-0.39, 0.29) is 0 Å². The highest BCUT2D eigenvalue weighted by molar-refractivity contribution is 5.73. The van der Waals surface area contributed by atoms with E-state index in [1.165, 1.54) is 25.7 Å². The Morgan fingerprint density at radius 2 is 1.79 bits per heavy atom. The zero-order chi connectivity index (χ0) is 20.3. The lowest BCUT2D eigenvalue weighted by molar-refractivity contribution is 0.200. The highest BCUT2D eigenvalue weighted by Crippen LogP contribution is 2.27. The Labute approximate surface area is 172 Å². The maximum absolute atomic E-state index is 12.0. The first-order valence-corrected chi connectivity index (χ1v) is 10.3. The van der Waals surface area contributed by atoms with Crippen molar-refractivity contribution >= 4 is 6.09 Å². The molecule has 2 heterocycles. The molecule has 3 aromatic rings. The van der Waals surface area contributed by atoms with Gasteiger partial charge in [-0.05, 0) is 42.3 Å². The number of rotatable bonds is 10. The van der Waals surface area contributed by atoms with Crippen molar-refractivity contribution in [1.82, 2.24) is 10.3 Å². The van der Waals surface area contributed by atoms with Gasteiger partial charge in [-0.15, -0.1) is 0 Å². The fourth-order valence-corrected chi connectivity index (χ4v) is 3.15. The van der Waals surface area contributed by atoms with Gasteiger partial charge in [-0.25, -0.2) is 4.79 Å². The van der Waals surface area contributed by atoms with E-state index in [1.54, 1.807) is 24.7 Å². The SMILES string of the molecule is CCCCCCCCNC(=O)Oc1cccc(-c2cncc(-c3ccco3)c2)c1. The predicted octanol–water partition coefficient (Wildman–Crippen LogP) is 6.46. The molecule has 0 aliphatic heterocycles. The number of carbonyl (C=O) groups is 1. The van der Waals surface area contributed by atoms with E-state index >= 15 is 0 Å². The summed E-state index contributed by atoms with van der Waals surface area (Å²) in [6.45, 7) is 2.85. The summed E-state index contributed by atoms with van der Waals surface area (Å²) in [5, 5.41) is 2.82. The molecule has 0 aliphatic rings. The van der Waals surface area contributed by atoms with E-state index in [0.717, 1.165) is 35.3 Å². The van der Waals surface area contributed by atoms with Crippen LogP contribution in [0.5, 0.6) is 5.75 Å². The largest absolute Gasteiger partial charge is 0.464 e.